The molecular weight excluding hydrogens is 420 g/mol. The summed E-state index contributed by atoms with van der Waals surface area (Å²) in [5, 5.41) is 16.3. The summed E-state index contributed by atoms with van der Waals surface area (Å²) in [5.74, 6) is 0.260. The molecule has 7 nitrogen and oxygen atoms in total. The van der Waals surface area contributed by atoms with Gasteiger partial charge < -0.3 is 15.7 Å². The highest BCUT2D eigenvalue weighted by atomic mass is 32.2. The molecule has 0 spiro atoms. The number of carbonyl (C=O) groups is 2. The van der Waals surface area contributed by atoms with Crippen molar-refractivity contribution in [2.75, 3.05) is 17.3 Å². The van der Waals surface area contributed by atoms with Gasteiger partial charge in [0.2, 0.25) is 5.91 Å². The number of amides is 2. The summed E-state index contributed by atoms with van der Waals surface area (Å²) >= 11 is 2.86. The first-order valence-electron chi connectivity index (χ1n) is 9.24. The van der Waals surface area contributed by atoms with E-state index < -0.39 is 18.0 Å². The summed E-state index contributed by atoms with van der Waals surface area (Å²) in [6.07, 6.45) is 2.88. The van der Waals surface area contributed by atoms with E-state index in [9.17, 15) is 9.59 Å². The fourth-order valence-electron chi connectivity index (χ4n) is 2.89. The number of nitrogens with zero attached hydrogens (tertiary/aromatic N) is 2. The first-order chi connectivity index (χ1) is 14.5. The number of benzene rings is 1. The van der Waals surface area contributed by atoms with E-state index in [4.69, 9.17) is 5.11 Å². The number of pyridine rings is 1. The number of thiazole rings is 1. The maximum atomic E-state index is 12.5. The lowest BCUT2D eigenvalue weighted by Gasteiger charge is -2.15. The van der Waals surface area contributed by atoms with Crippen molar-refractivity contribution in [3.05, 3.63) is 53.7 Å². The summed E-state index contributed by atoms with van der Waals surface area (Å²) in [5.41, 5.74) is 4.75. The molecule has 1 atom stereocenters. The Balaban J connectivity index is 1.75. The normalized spacial score (nSPS) is 11.7. The second-order valence-corrected chi connectivity index (χ2v) is 8.42. The minimum absolute atomic E-state index is 0.408. The Morgan fingerprint density at radius 2 is 1.97 bits per heavy atom. The molecule has 0 aliphatic heterocycles. The smallest absolute Gasteiger partial charge is 0.405 e. The minimum Gasteiger partial charge on any atom is -0.465 e. The lowest BCUT2D eigenvalue weighted by atomic mass is 10.0. The summed E-state index contributed by atoms with van der Waals surface area (Å²) in [4.78, 5) is 32.2. The van der Waals surface area contributed by atoms with E-state index in [1.807, 2.05) is 55.0 Å². The molecule has 2 heterocycles. The largest absolute Gasteiger partial charge is 0.465 e. The predicted octanol–water partition coefficient (Wildman–Crippen LogP) is 4.51. The number of carbonyl (C=O) groups excluding carboxylic acids is 1. The fourth-order valence-corrected chi connectivity index (χ4v) is 4.09. The Labute approximate surface area is 183 Å². The topological polar surface area (TPSA) is 104 Å². The molecule has 3 aromatic rings. The second kappa shape index (κ2) is 10.2. The summed E-state index contributed by atoms with van der Waals surface area (Å²) in [7, 11) is 0. The van der Waals surface area contributed by atoms with Crippen molar-refractivity contribution >= 4 is 40.2 Å². The maximum Gasteiger partial charge on any atom is 0.405 e. The lowest BCUT2D eigenvalue weighted by molar-refractivity contribution is -0.118. The molecule has 0 radical (unpaired) electrons. The van der Waals surface area contributed by atoms with Crippen LogP contribution in [0.4, 0.5) is 9.93 Å². The summed E-state index contributed by atoms with van der Waals surface area (Å²) in [6, 6.07) is 11.2. The fraction of sp³-hybridized carbons (Fsp3) is 0.238. The molecule has 0 bridgehead atoms. The number of aryl methyl sites for hydroxylation is 1. The molecule has 1 unspecified atom stereocenters. The van der Waals surface area contributed by atoms with Gasteiger partial charge in [-0.25, -0.2) is 9.78 Å². The third-order valence-corrected chi connectivity index (χ3v) is 5.75. The van der Waals surface area contributed by atoms with E-state index in [0.29, 0.717) is 17.3 Å². The zero-order valence-electron chi connectivity index (χ0n) is 16.6. The van der Waals surface area contributed by atoms with Crippen molar-refractivity contribution in [3.8, 4) is 22.4 Å². The van der Waals surface area contributed by atoms with Crippen molar-refractivity contribution < 1.29 is 14.7 Å². The van der Waals surface area contributed by atoms with E-state index in [1.165, 1.54) is 11.3 Å². The van der Waals surface area contributed by atoms with Crippen molar-refractivity contribution in [2.24, 2.45) is 0 Å². The van der Waals surface area contributed by atoms with E-state index in [-0.39, 0.29) is 0 Å². The van der Waals surface area contributed by atoms with Crippen LogP contribution < -0.4 is 10.6 Å². The Hall–Kier alpha value is -2.91. The van der Waals surface area contributed by atoms with Crippen LogP contribution in [0.3, 0.4) is 0 Å². The first kappa shape index (κ1) is 21.8. The van der Waals surface area contributed by atoms with Gasteiger partial charge in [0.15, 0.2) is 5.13 Å². The molecule has 0 saturated heterocycles. The molecule has 1 aromatic carbocycles. The molecule has 30 heavy (non-hydrogen) atoms. The molecule has 156 valence electrons. The first-order valence-corrected chi connectivity index (χ1v) is 11.5. The number of nitrogens with one attached hydrogen (secondary N) is 2. The van der Waals surface area contributed by atoms with Gasteiger partial charge in [-0.1, -0.05) is 18.2 Å². The van der Waals surface area contributed by atoms with Crippen LogP contribution in [0.2, 0.25) is 0 Å². The molecule has 2 aromatic heterocycles. The highest BCUT2D eigenvalue weighted by Gasteiger charge is 2.21. The van der Waals surface area contributed by atoms with E-state index >= 15 is 0 Å². The molecule has 9 heteroatoms. The average molecular weight is 443 g/mol. The van der Waals surface area contributed by atoms with Crippen LogP contribution >= 0.6 is 23.1 Å². The molecule has 0 fully saturated rings. The standard InChI is InChI=1S/C21H22N4O3S2/c1-13-10-15(6-8-22-13)14-4-3-5-16(11-14)18-12-30-20(23-18)25-19(26)17(7-9-29-2)24-21(27)28/h3-6,8,10-12,17,24H,7,9H2,1-2H3,(H,27,28)(H,23,25,26). The monoisotopic (exact) mass is 442 g/mol. The minimum atomic E-state index is -1.22. The third kappa shape index (κ3) is 5.80. The molecule has 0 saturated carbocycles. The number of hydrogen-bond donors (Lipinski definition) is 3. The third-order valence-electron chi connectivity index (χ3n) is 4.35. The molecule has 3 rings (SSSR count). The Kier molecular flexibility index (Phi) is 7.42. The van der Waals surface area contributed by atoms with Gasteiger partial charge in [-0.05, 0) is 54.7 Å². The number of carboxylic acid groups (broad SMARTS) is 1. The van der Waals surface area contributed by atoms with E-state index in [2.05, 4.69) is 20.6 Å². The lowest BCUT2D eigenvalue weighted by Crippen LogP contribution is -2.43. The highest BCUT2D eigenvalue weighted by molar-refractivity contribution is 7.98. The zero-order valence-corrected chi connectivity index (χ0v) is 18.2. The van der Waals surface area contributed by atoms with Crippen molar-refractivity contribution in [2.45, 2.75) is 19.4 Å². The maximum absolute atomic E-state index is 12.5. The summed E-state index contributed by atoms with van der Waals surface area (Å²) < 4.78 is 0. The van der Waals surface area contributed by atoms with Crippen LogP contribution in [0, 0.1) is 6.92 Å². The van der Waals surface area contributed by atoms with Gasteiger partial charge in [0.25, 0.3) is 0 Å². The second-order valence-electron chi connectivity index (χ2n) is 6.58. The van der Waals surface area contributed by atoms with Gasteiger partial charge in [-0.15, -0.1) is 11.3 Å². The number of rotatable bonds is 8. The molecule has 0 aliphatic rings. The van der Waals surface area contributed by atoms with Crippen LogP contribution in [0.5, 0.6) is 0 Å². The van der Waals surface area contributed by atoms with Crippen LogP contribution in [0.15, 0.2) is 48.0 Å². The molecule has 0 aliphatic carbocycles. The molecule has 3 N–H and O–H groups in total. The Morgan fingerprint density at radius 3 is 2.70 bits per heavy atom. The van der Waals surface area contributed by atoms with Crippen molar-refractivity contribution in [1.29, 1.82) is 0 Å². The number of anilines is 1. The number of aromatic nitrogens is 2. The number of thioether (sulfide) groups is 1. The van der Waals surface area contributed by atoms with Gasteiger partial charge in [0.1, 0.15) is 6.04 Å². The summed E-state index contributed by atoms with van der Waals surface area (Å²) in [6.45, 7) is 1.95. The average Bonchev–Trinajstić information content (AvgIpc) is 3.19. The zero-order chi connectivity index (χ0) is 21.5. The van der Waals surface area contributed by atoms with Crippen LogP contribution in [0.25, 0.3) is 22.4 Å². The highest BCUT2D eigenvalue weighted by Crippen LogP contribution is 2.29. The Morgan fingerprint density at radius 1 is 1.20 bits per heavy atom. The van der Waals surface area contributed by atoms with Crippen LogP contribution in [-0.2, 0) is 4.79 Å². The van der Waals surface area contributed by atoms with E-state index in [0.717, 1.165) is 28.1 Å². The van der Waals surface area contributed by atoms with Crippen molar-refractivity contribution in [3.63, 3.8) is 0 Å². The van der Waals surface area contributed by atoms with Crippen LogP contribution in [0.1, 0.15) is 12.1 Å². The quantitative estimate of drug-likeness (QED) is 0.474. The SMILES string of the molecule is CSCCC(NC(=O)O)C(=O)Nc1nc(-c2cccc(-c3ccnc(C)c3)c2)cs1. The van der Waals surface area contributed by atoms with Gasteiger partial charge in [-0.2, -0.15) is 11.8 Å². The number of hydrogen-bond acceptors (Lipinski definition) is 6. The van der Waals surface area contributed by atoms with Gasteiger partial charge in [0, 0.05) is 22.8 Å². The predicted molar refractivity (Wildman–Crippen MR) is 122 cm³/mol. The molecule has 2 amide bonds. The van der Waals surface area contributed by atoms with Gasteiger partial charge in [-0.3, -0.25) is 9.78 Å². The van der Waals surface area contributed by atoms with E-state index in [1.54, 1.807) is 18.0 Å². The van der Waals surface area contributed by atoms with Gasteiger partial charge >= 0.3 is 6.09 Å². The van der Waals surface area contributed by atoms with Gasteiger partial charge in [0.05, 0.1) is 5.69 Å². The van der Waals surface area contributed by atoms with Crippen molar-refractivity contribution in [1.82, 2.24) is 15.3 Å². The molecular formula is C21H22N4O3S2. The van der Waals surface area contributed by atoms with Crippen LogP contribution in [-0.4, -0.2) is 45.1 Å². The Bertz CT molecular complexity index is 1040.